The van der Waals surface area contributed by atoms with Crippen LogP contribution >= 0.6 is 0 Å². The molecule has 4 nitrogen and oxygen atoms in total. The molecule has 4 heteroatoms. The Labute approximate surface area is 128 Å². The summed E-state index contributed by atoms with van der Waals surface area (Å²) in [5, 5.41) is 0. The van der Waals surface area contributed by atoms with E-state index in [1.165, 1.54) is 56.7 Å². The number of benzene rings is 1. The Morgan fingerprint density at radius 2 is 1.95 bits per heavy atom. The third-order valence-corrected chi connectivity index (χ3v) is 4.92. The lowest BCUT2D eigenvalue weighted by Gasteiger charge is -2.38. The van der Waals surface area contributed by atoms with Crippen molar-refractivity contribution in [2.24, 2.45) is 0 Å². The summed E-state index contributed by atoms with van der Waals surface area (Å²) in [6.07, 6.45) is 2.45. The van der Waals surface area contributed by atoms with E-state index in [2.05, 4.69) is 47.0 Å². The first-order chi connectivity index (χ1) is 10.1. The number of aryl methyl sites for hydroxylation is 1. The van der Waals surface area contributed by atoms with Crippen LogP contribution in [0.5, 0.6) is 0 Å². The van der Waals surface area contributed by atoms with Gasteiger partial charge in [-0.15, -0.1) is 0 Å². The number of nitrogen functional groups attached to an aromatic ring is 1. The number of piperazine rings is 1. The molecule has 0 aromatic heterocycles. The summed E-state index contributed by atoms with van der Waals surface area (Å²) in [6.45, 7) is 7.15. The van der Waals surface area contributed by atoms with Crippen molar-refractivity contribution < 1.29 is 0 Å². The second-order valence-electron chi connectivity index (χ2n) is 6.69. The number of rotatable bonds is 4. The quantitative estimate of drug-likeness (QED) is 0.851. The molecule has 1 unspecified atom stereocenters. The van der Waals surface area contributed by atoms with Gasteiger partial charge in [-0.2, -0.15) is 0 Å². The molecule has 1 saturated heterocycles. The van der Waals surface area contributed by atoms with Crippen LogP contribution in [0.3, 0.4) is 0 Å². The Hall–Kier alpha value is -1.10. The van der Waals surface area contributed by atoms with Crippen molar-refractivity contribution in [2.45, 2.75) is 18.9 Å². The molecule has 1 aliphatic heterocycles. The van der Waals surface area contributed by atoms with Crippen LogP contribution in [0, 0.1) is 0 Å². The molecule has 0 bridgehead atoms. The average Bonchev–Trinajstić information content (AvgIpc) is 2.88. The number of nitrogens with zero attached hydrogens (tertiary/aromatic N) is 3. The van der Waals surface area contributed by atoms with Gasteiger partial charge in [-0.25, -0.2) is 0 Å². The highest BCUT2D eigenvalue weighted by Gasteiger charge is 2.30. The highest BCUT2D eigenvalue weighted by Crippen LogP contribution is 2.36. The molecule has 0 radical (unpaired) electrons. The van der Waals surface area contributed by atoms with E-state index < -0.39 is 0 Å². The Morgan fingerprint density at radius 1 is 1.19 bits per heavy atom. The molecule has 21 heavy (non-hydrogen) atoms. The molecule has 1 aromatic rings. The van der Waals surface area contributed by atoms with Gasteiger partial charge in [0, 0.05) is 51.0 Å². The summed E-state index contributed by atoms with van der Waals surface area (Å²) >= 11 is 0. The van der Waals surface area contributed by atoms with E-state index in [9.17, 15) is 0 Å². The summed E-state index contributed by atoms with van der Waals surface area (Å²) in [6, 6.07) is 7.10. The van der Waals surface area contributed by atoms with Gasteiger partial charge in [0.1, 0.15) is 0 Å². The van der Waals surface area contributed by atoms with Crippen LogP contribution in [-0.2, 0) is 6.42 Å². The van der Waals surface area contributed by atoms with Gasteiger partial charge in [-0.1, -0.05) is 6.07 Å². The second-order valence-corrected chi connectivity index (χ2v) is 6.69. The van der Waals surface area contributed by atoms with Gasteiger partial charge in [0.05, 0.1) is 0 Å². The number of anilines is 1. The number of likely N-dealkylation sites (N-methyl/N-ethyl adjacent to an activating group) is 1. The van der Waals surface area contributed by atoms with E-state index in [-0.39, 0.29) is 0 Å². The van der Waals surface area contributed by atoms with E-state index in [0.29, 0.717) is 6.04 Å². The van der Waals surface area contributed by atoms with Crippen LogP contribution in [0.15, 0.2) is 18.2 Å². The third kappa shape index (κ3) is 3.39. The third-order valence-electron chi connectivity index (χ3n) is 4.92. The lowest BCUT2D eigenvalue weighted by molar-refractivity contribution is 0.0917. The van der Waals surface area contributed by atoms with Crippen LogP contribution in [0.25, 0.3) is 0 Å². The molecule has 0 saturated carbocycles. The van der Waals surface area contributed by atoms with Gasteiger partial charge in [-0.05, 0) is 50.2 Å². The molecule has 3 rings (SSSR count). The lowest BCUT2D eigenvalue weighted by Crippen LogP contribution is -2.48. The molecule has 0 spiro atoms. The normalized spacial score (nSPS) is 23.7. The molecule has 2 N–H and O–H groups in total. The summed E-state index contributed by atoms with van der Waals surface area (Å²) in [7, 11) is 4.30. The van der Waals surface area contributed by atoms with Crippen LogP contribution in [-0.4, -0.2) is 68.1 Å². The largest absolute Gasteiger partial charge is 0.399 e. The molecule has 1 fully saturated rings. The van der Waals surface area contributed by atoms with Crippen molar-refractivity contribution in [2.75, 3.05) is 59.1 Å². The molecule has 1 atom stereocenters. The number of hydrogen-bond acceptors (Lipinski definition) is 4. The predicted molar refractivity (Wildman–Crippen MR) is 88.5 cm³/mol. The average molecular weight is 288 g/mol. The minimum Gasteiger partial charge on any atom is -0.399 e. The maximum Gasteiger partial charge on any atom is 0.0355 e. The van der Waals surface area contributed by atoms with Crippen molar-refractivity contribution in [1.82, 2.24) is 14.7 Å². The van der Waals surface area contributed by atoms with Crippen molar-refractivity contribution in [3.8, 4) is 0 Å². The number of hydrogen-bond donors (Lipinski definition) is 1. The Bertz CT molecular complexity index is 478. The van der Waals surface area contributed by atoms with E-state index in [1.54, 1.807) is 0 Å². The number of nitrogens with two attached hydrogens (primary N) is 1. The zero-order chi connectivity index (χ0) is 14.8. The first-order valence-electron chi connectivity index (χ1n) is 8.13. The summed E-state index contributed by atoms with van der Waals surface area (Å²) in [4.78, 5) is 7.54. The first-order valence-corrected chi connectivity index (χ1v) is 8.13. The van der Waals surface area contributed by atoms with Gasteiger partial charge in [-0.3, -0.25) is 9.80 Å². The van der Waals surface area contributed by atoms with Crippen molar-refractivity contribution in [3.05, 3.63) is 29.3 Å². The highest BCUT2D eigenvalue weighted by atomic mass is 15.3. The fraction of sp³-hybridized carbons (Fsp3) is 0.647. The predicted octanol–water partition coefficient (Wildman–Crippen LogP) is 1.44. The van der Waals surface area contributed by atoms with E-state index in [4.69, 9.17) is 5.73 Å². The zero-order valence-corrected chi connectivity index (χ0v) is 13.4. The van der Waals surface area contributed by atoms with Crippen LogP contribution in [0.1, 0.15) is 23.6 Å². The minimum absolute atomic E-state index is 0.622. The van der Waals surface area contributed by atoms with E-state index >= 15 is 0 Å². The molecule has 2 aliphatic rings. The smallest absolute Gasteiger partial charge is 0.0355 e. The molecule has 1 heterocycles. The fourth-order valence-corrected chi connectivity index (χ4v) is 3.63. The van der Waals surface area contributed by atoms with Crippen LogP contribution in [0.2, 0.25) is 0 Å². The Morgan fingerprint density at radius 3 is 2.67 bits per heavy atom. The lowest BCUT2D eigenvalue weighted by atomic mass is 10.1. The Balaban J connectivity index is 1.57. The summed E-state index contributed by atoms with van der Waals surface area (Å²) < 4.78 is 0. The maximum atomic E-state index is 5.91. The van der Waals surface area contributed by atoms with Gasteiger partial charge >= 0.3 is 0 Å². The molecule has 1 aromatic carbocycles. The van der Waals surface area contributed by atoms with Gasteiger partial charge in [0.2, 0.25) is 0 Å². The molecular weight excluding hydrogens is 260 g/mol. The van der Waals surface area contributed by atoms with Crippen molar-refractivity contribution >= 4 is 5.69 Å². The fourth-order valence-electron chi connectivity index (χ4n) is 3.63. The van der Waals surface area contributed by atoms with E-state index in [1.807, 2.05) is 0 Å². The minimum atomic E-state index is 0.622. The molecule has 0 amide bonds. The van der Waals surface area contributed by atoms with Crippen molar-refractivity contribution in [1.29, 1.82) is 0 Å². The number of fused-ring (bicyclic) bond motifs is 1. The van der Waals surface area contributed by atoms with Crippen molar-refractivity contribution in [3.63, 3.8) is 0 Å². The highest BCUT2D eigenvalue weighted by molar-refractivity contribution is 5.47. The zero-order valence-electron chi connectivity index (χ0n) is 13.4. The molecule has 116 valence electrons. The molecular formula is C17H28N4. The molecule has 1 aliphatic carbocycles. The van der Waals surface area contributed by atoms with Crippen LogP contribution < -0.4 is 5.73 Å². The first kappa shape index (κ1) is 14.8. The summed E-state index contributed by atoms with van der Waals surface area (Å²) in [5.41, 5.74) is 9.80. The maximum absolute atomic E-state index is 5.91. The topological polar surface area (TPSA) is 35.7 Å². The SMILES string of the molecule is CN(C)CCN1CCN(C2CCc3cc(N)ccc32)CC1. The van der Waals surface area contributed by atoms with Gasteiger partial charge < -0.3 is 10.6 Å². The Kier molecular flexibility index (Phi) is 4.48. The van der Waals surface area contributed by atoms with Gasteiger partial charge in [0.15, 0.2) is 0 Å². The van der Waals surface area contributed by atoms with Crippen LogP contribution in [0.4, 0.5) is 5.69 Å². The monoisotopic (exact) mass is 288 g/mol. The standard InChI is InChI=1S/C17H28N4/c1-19(2)7-8-20-9-11-21(12-10-20)17-6-3-14-13-15(18)4-5-16(14)17/h4-5,13,17H,3,6-12,18H2,1-2H3. The summed E-state index contributed by atoms with van der Waals surface area (Å²) in [5.74, 6) is 0. The van der Waals surface area contributed by atoms with Gasteiger partial charge in [0.25, 0.3) is 0 Å². The van der Waals surface area contributed by atoms with E-state index in [0.717, 1.165) is 12.2 Å². The second kappa shape index (κ2) is 6.34.